The van der Waals surface area contributed by atoms with E-state index in [9.17, 15) is 23.1 Å². The minimum absolute atomic E-state index is 0.0708. The highest BCUT2D eigenvalue weighted by molar-refractivity contribution is 14.1. The molecule has 35 heavy (non-hydrogen) atoms. The molecule has 0 radical (unpaired) electrons. The molecule has 9 heteroatoms. The van der Waals surface area contributed by atoms with Crippen molar-refractivity contribution >= 4 is 44.3 Å². The summed E-state index contributed by atoms with van der Waals surface area (Å²) in [5.41, 5.74) is -4.88. The van der Waals surface area contributed by atoms with E-state index in [1.54, 1.807) is 31.2 Å². The number of sulfonamides is 1. The molecule has 3 aliphatic rings. The fourth-order valence-electron chi connectivity index (χ4n) is 6.37. The maximum atomic E-state index is 16.8. The number of rotatable bonds is 5. The summed E-state index contributed by atoms with van der Waals surface area (Å²) in [5, 5.41) is 11.8. The molecule has 0 saturated heterocycles. The van der Waals surface area contributed by atoms with Gasteiger partial charge in [-0.3, -0.25) is 9.59 Å². The second kappa shape index (κ2) is 8.76. The van der Waals surface area contributed by atoms with Crippen LogP contribution in [-0.4, -0.2) is 40.4 Å². The largest absolute Gasteiger partial charge is 0.378 e. The Morgan fingerprint density at radius 2 is 1.89 bits per heavy atom. The monoisotopic (exact) mass is 615 g/mol. The predicted octanol–water partition coefficient (Wildman–Crippen LogP) is 4.43. The maximum Gasteiger partial charge on any atom is 0.267 e. The molecule has 0 spiro atoms. The Morgan fingerprint density at radius 1 is 1.23 bits per heavy atom. The molecule has 2 fully saturated rings. The van der Waals surface area contributed by atoms with Crippen LogP contribution < -0.4 is 4.72 Å². The molecule has 6 atom stereocenters. The molecular weight excluding hydrogens is 584 g/mol. The van der Waals surface area contributed by atoms with Crippen LogP contribution in [0.25, 0.3) is 0 Å². The number of halogens is 2. The number of alkyl halides is 2. The first-order valence-corrected chi connectivity index (χ1v) is 14.6. The third kappa shape index (κ3) is 3.92. The van der Waals surface area contributed by atoms with Gasteiger partial charge in [-0.25, -0.2) is 17.5 Å². The summed E-state index contributed by atoms with van der Waals surface area (Å²) < 4.78 is 43.9. The lowest BCUT2D eigenvalue weighted by Crippen LogP contribution is -2.62. The van der Waals surface area contributed by atoms with Crippen molar-refractivity contribution < 1.29 is 27.5 Å². The van der Waals surface area contributed by atoms with Gasteiger partial charge >= 0.3 is 0 Å². The highest BCUT2D eigenvalue weighted by Gasteiger charge is 2.70. The molecule has 0 aromatic heterocycles. The van der Waals surface area contributed by atoms with E-state index in [0.29, 0.717) is 12.8 Å². The van der Waals surface area contributed by atoms with Crippen LogP contribution in [-0.2, 0) is 19.6 Å². The number of allylic oxidation sites excluding steroid dienone is 4. The minimum atomic E-state index is -4.17. The molecule has 2 saturated carbocycles. The van der Waals surface area contributed by atoms with Crippen molar-refractivity contribution in [2.45, 2.75) is 73.0 Å². The average molecular weight is 616 g/mol. The van der Waals surface area contributed by atoms with Crippen molar-refractivity contribution in [1.29, 1.82) is 0 Å². The summed E-state index contributed by atoms with van der Waals surface area (Å²) in [6.07, 6.45) is 5.91. The Bertz CT molecular complexity index is 1220. The molecule has 6 nitrogen and oxygen atoms in total. The van der Waals surface area contributed by atoms with Crippen LogP contribution in [0.1, 0.15) is 52.9 Å². The highest BCUT2D eigenvalue weighted by atomic mass is 127. The second-order valence-corrected chi connectivity index (χ2v) is 13.6. The Labute approximate surface area is 219 Å². The minimum Gasteiger partial charge on any atom is -0.378 e. The zero-order valence-electron chi connectivity index (χ0n) is 20.1. The first-order chi connectivity index (χ1) is 16.2. The van der Waals surface area contributed by atoms with Crippen molar-refractivity contribution in [3.63, 3.8) is 0 Å². The van der Waals surface area contributed by atoms with Gasteiger partial charge in [-0.2, -0.15) is 0 Å². The van der Waals surface area contributed by atoms with Crippen molar-refractivity contribution in [3.8, 4) is 0 Å². The number of carbonyl (C=O) groups excluding carboxylic acids is 2. The quantitative estimate of drug-likeness (QED) is 0.378. The first kappa shape index (κ1) is 26.5. The molecule has 0 aliphatic heterocycles. The zero-order chi connectivity index (χ0) is 25.9. The number of benzene rings is 1. The lowest BCUT2D eigenvalue weighted by molar-refractivity contribution is -0.159. The number of aliphatic hydroxyl groups is 1. The van der Waals surface area contributed by atoms with Gasteiger partial charge in [0, 0.05) is 14.8 Å². The Hall–Kier alpha value is -1.59. The molecule has 1 aromatic rings. The van der Waals surface area contributed by atoms with E-state index in [0.717, 1.165) is 5.57 Å². The SMILES string of the molecule is CCC1=CC(=O)C=CC1(C)[C@@]1(F)CCC2(C)C(C[C@@H](I)[C@]2(O)C(=O)NS(=O)(=O)c2ccccc2)C1. The van der Waals surface area contributed by atoms with Crippen molar-refractivity contribution in [3.05, 3.63) is 54.1 Å². The smallest absolute Gasteiger partial charge is 0.267 e. The van der Waals surface area contributed by atoms with Crippen LogP contribution >= 0.6 is 22.6 Å². The van der Waals surface area contributed by atoms with Crippen LogP contribution in [0.5, 0.6) is 0 Å². The molecule has 2 N–H and O–H groups in total. The van der Waals surface area contributed by atoms with Crippen molar-refractivity contribution in [1.82, 2.24) is 4.72 Å². The van der Waals surface area contributed by atoms with Crippen LogP contribution in [0.15, 0.2) is 59.0 Å². The van der Waals surface area contributed by atoms with Crippen molar-refractivity contribution in [2.75, 3.05) is 0 Å². The molecule has 0 heterocycles. The zero-order valence-corrected chi connectivity index (χ0v) is 23.0. The van der Waals surface area contributed by atoms with Gasteiger partial charge in [0.25, 0.3) is 15.9 Å². The predicted molar refractivity (Wildman–Crippen MR) is 139 cm³/mol. The number of hydrogen-bond donors (Lipinski definition) is 2. The number of hydrogen-bond acceptors (Lipinski definition) is 5. The lowest BCUT2D eigenvalue weighted by atomic mass is 9.53. The van der Waals surface area contributed by atoms with Crippen LogP contribution in [0.3, 0.4) is 0 Å². The van der Waals surface area contributed by atoms with E-state index in [-0.39, 0.29) is 35.9 Å². The van der Waals surface area contributed by atoms with Crippen LogP contribution in [0.4, 0.5) is 4.39 Å². The van der Waals surface area contributed by atoms with Gasteiger partial charge in [-0.15, -0.1) is 0 Å². The van der Waals surface area contributed by atoms with Crippen LogP contribution in [0.2, 0.25) is 0 Å². The molecule has 190 valence electrons. The van der Waals surface area contributed by atoms with Gasteiger partial charge in [-0.05, 0) is 69.2 Å². The van der Waals surface area contributed by atoms with E-state index < -0.39 is 42.0 Å². The van der Waals surface area contributed by atoms with E-state index in [2.05, 4.69) is 4.72 Å². The van der Waals surface area contributed by atoms with Gasteiger partial charge in [-0.1, -0.05) is 66.3 Å². The summed E-state index contributed by atoms with van der Waals surface area (Å²) in [5.74, 6) is -1.47. The Morgan fingerprint density at radius 3 is 2.51 bits per heavy atom. The van der Waals surface area contributed by atoms with Gasteiger partial charge in [0.2, 0.25) is 0 Å². The molecule has 0 bridgehead atoms. The topological polar surface area (TPSA) is 101 Å². The Balaban J connectivity index is 1.64. The summed E-state index contributed by atoms with van der Waals surface area (Å²) >= 11 is 1.99. The molecule has 3 unspecified atom stereocenters. The van der Waals surface area contributed by atoms with Gasteiger partial charge in [0.1, 0.15) is 5.67 Å². The molecule has 1 amide bonds. The number of ketones is 1. The maximum absolute atomic E-state index is 16.8. The molecule has 1 aromatic carbocycles. The van der Waals surface area contributed by atoms with Crippen LogP contribution in [0, 0.1) is 16.7 Å². The van der Waals surface area contributed by atoms with Gasteiger partial charge in [0.05, 0.1) is 4.90 Å². The molecule has 4 rings (SSSR count). The van der Waals surface area contributed by atoms with E-state index in [1.807, 2.05) is 36.4 Å². The third-order valence-electron chi connectivity index (χ3n) is 8.83. The number of fused-ring (bicyclic) bond motifs is 1. The standard InChI is InChI=1S/C26H31FINO5S/c1-4-17-14-19(30)10-11-23(17,2)25(27)13-12-24(3)18(16-25)15-21(28)26(24,32)22(31)29-35(33,34)20-8-6-5-7-9-20/h5-11,14,18,21,32H,4,12-13,15-16H2,1-3H3,(H,29,31)/t18?,21-,23?,24?,25-,26+/m1/s1. The number of amides is 1. The summed E-state index contributed by atoms with van der Waals surface area (Å²) in [7, 11) is -4.17. The summed E-state index contributed by atoms with van der Waals surface area (Å²) in [6.45, 7) is 5.49. The Kier molecular flexibility index (Phi) is 6.63. The fraction of sp³-hybridized carbons (Fsp3) is 0.538. The van der Waals surface area contributed by atoms with E-state index in [1.165, 1.54) is 24.3 Å². The second-order valence-electron chi connectivity index (χ2n) is 10.5. The van der Waals surface area contributed by atoms with E-state index >= 15 is 4.39 Å². The normalized spacial score (nSPS) is 39.1. The van der Waals surface area contributed by atoms with Crippen molar-refractivity contribution in [2.24, 2.45) is 16.7 Å². The van der Waals surface area contributed by atoms with E-state index in [4.69, 9.17) is 0 Å². The number of nitrogens with one attached hydrogen (secondary N) is 1. The molecular formula is C26H31FINO5S. The highest BCUT2D eigenvalue weighted by Crippen LogP contribution is 2.65. The summed E-state index contributed by atoms with van der Waals surface area (Å²) in [6, 6.07) is 7.52. The lowest BCUT2D eigenvalue weighted by Gasteiger charge is -2.54. The fourth-order valence-corrected chi connectivity index (χ4v) is 9.01. The molecule has 3 aliphatic carbocycles. The summed E-state index contributed by atoms with van der Waals surface area (Å²) in [4.78, 5) is 25.3. The number of carbonyl (C=O) groups is 2. The van der Waals surface area contributed by atoms with Gasteiger partial charge in [0.15, 0.2) is 11.4 Å². The first-order valence-electron chi connectivity index (χ1n) is 11.9. The third-order valence-corrected chi connectivity index (χ3v) is 11.6. The van der Waals surface area contributed by atoms with Gasteiger partial charge < -0.3 is 5.11 Å². The average Bonchev–Trinajstić information content (AvgIpc) is 3.02.